The smallest absolute Gasteiger partial charge is 0.419 e. The van der Waals surface area contributed by atoms with Gasteiger partial charge in [0.1, 0.15) is 5.75 Å². The van der Waals surface area contributed by atoms with Gasteiger partial charge >= 0.3 is 18.3 Å². The highest BCUT2D eigenvalue weighted by atomic mass is 19.4. The van der Waals surface area contributed by atoms with E-state index in [0.29, 0.717) is 24.9 Å². The van der Waals surface area contributed by atoms with Gasteiger partial charge in [-0.25, -0.2) is 0 Å². The Morgan fingerprint density at radius 1 is 1.05 bits per heavy atom. The monoisotopic (exact) mass is 544 g/mol. The molecule has 38 heavy (non-hydrogen) atoms. The second-order valence-electron chi connectivity index (χ2n) is 8.73. The number of aliphatic hydroxyl groups is 1. The van der Waals surface area contributed by atoms with Gasteiger partial charge in [0, 0.05) is 12.0 Å². The van der Waals surface area contributed by atoms with E-state index in [1.807, 2.05) is 0 Å². The zero-order valence-corrected chi connectivity index (χ0v) is 19.8. The fourth-order valence-corrected chi connectivity index (χ4v) is 4.17. The minimum atomic E-state index is -4.76. The number of ether oxygens (including phenoxy) is 1. The van der Waals surface area contributed by atoms with Crippen LogP contribution >= 0.6 is 0 Å². The molecule has 0 unspecified atom stereocenters. The summed E-state index contributed by atoms with van der Waals surface area (Å²) >= 11 is 0. The minimum Gasteiger partial charge on any atom is -0.493 e. The predicted molar refractivity (Wildman–Crippen MR) is 122 cm³/mol. The first kappa shape index (κ1) is 27.2. The SMILES string of the molecule is NC(N)=[N+]1CC[C@H](O)[C@H]1c1nc(-c2ccc(OCCCc3ccc(C(F)(F)F)cc3)c(C(F)(F)F)c2)no1. The number of rotatable bonds is 7. The van der Waals surface area contributed by atoms with Crippen LogP contribution in [0.4, 0.5) is 26.3 Å². The molecule has 0 bridgehead atoms. The van der Waals surface area contributed by atoms with Gasteiger partial charge in [0.05, 0.1) is 30.4 Å². The zero-order chi connectivity index (χ0) is 27.7. The number of hydrogen-bond acceptors (Lipinski definition) is 5. The van der Waals surface area contributed by atoms with Crippen LogP contribution in [0, 0.1) is 0 Å². The molecule has 14 heteroatoms. The van der Waals surface area contributed by atoms with Crippen LogP contribution in [0.2, 0.25) is 0 Å². The first-order valence-electron chi connectivity index (χ1n) is 11.5. The maximum atomic E-state index is 13.8. The zero-order valence-electron chi connectivity index (χ0n) is 19.8. The molecule has 4 rings (SSSR count). The number of nitrogens with zero attached hydrogens (tertiary/aromatic N) is 3. The lowest BCUT2D eigenvalue weighted by atomic mass is 10.1. The first-order valence-corrected chi connectivity index (χ1v) is 11.5. The third kappa shape index (κ3) is 6.01. The number of hydrogen-bond donors (Lipinski definition) is 3. The molecule has 8 nitrogen and oxygen atoms in total. The Hall–Kier alpha value is -3.81. The Morgan fingerprint density at radius 2 is 1.76 bits per heavy atom. The van der Waals surface area contributed by atoms with Crippen molar-refractivity contribution in [1.29, 1.82) is 0 Å². The highest BCUT2D eigenvalue weighted by Gasteiger charge is 2.40. The van der Waals surface area contributed by atoms with Crippen LogP contribution in [-0.2, 0) is 18.8 Å². The van der Waals surface area contributed by atoms with Crippen LogP contribution in [0.25, 0.3) is 11.4 Å². The third-order valence-corrected chi connectivity index (χ3v) is 6.08. The first-order chi connectivity index (χ1) is 17.8. The summed E-state index contributed by atoms with van der Waals surface area (Å²) in [5.74, 6) is -0.657. The Kier molecular flexibility index (Phi) is 7.54. The summed E-state index contributed by atoms with van der Waals surface area (Å²) in [6.07, 6.45) is -9.18. The standard InChI is InChI=1S/C24H23F6N5O3/c25-23(26,27)15-6-3-13(4-7-15)2-1-11-37-18-8-5-14(12-16(18)24(28,29)30)20-33-21(38-34-20)19-17(36)9-10-35(19)22(31)32/h3-8,12,17,19,36H,1-2,9-11H2,(H3,31,32)/p+1/t17-,19-/m0/s1. The van der Waals surface area contributed by atoms with E-state index in [1.165, 1.54) is 22.8 Å². The highest BCUT2D eigenvalue weighted by Crippen LogP contribution is 2.39. The van der Waals surface area contributed by atoms with Crippen molar-refractivity contribution in [2.45, 2.75) is 43.8 Å². The molecule has 2 aromatic carbocycles. The summed E-state index contributed by atoms with van der Waals surface area (Å²) in [6.45, 7) is 0.247. The van der Waals surface area contributed by atoms with Crippen molar-refractivity contribution < 1.29 is 45.3 Å². The molecule has 1 aliphatic heterocycles. The quantitative estimate of drug-likeness (QED) is 0.179. The molecule has 2 heterocycles. The molecule has 0 radical (unpaired) electrons. The molecule has 5 N–H and O–H groups in total. The number of alkyl halides is 6. The van der Waals surface area contributed by atoms with Crippen molar-refractivity contribution in [2.75, 3.05) is 13.2 Å². The van der Waals surface area contributed by atoms with E-state index >= 15 is 0 Å². The van der Waals surface area contributed by atoms with Crippen molar-refractivity contribution in [2.24, 2.45) is 11.5 Å². The predicted octanol–water partition coefficient (Wildman–Crippen LogP) is 3.88. The number of aliphatic hydroxyl groups excluding tert-OH is 1. The van der Waals surface area contributed by atoms with Gasteiger partial charge in [0.15, 0.2) is 6.04 Å². The third-order valence-electron chi connectivity index (χ3n) is 6.08. The van der Waals surface area contributed by atoms with E-state index in [9.17, 15) is 31.4 Å². The van der Waals surface area contributed by atoms with Gasteiger partial charge in [0.25, 0.3) is 5.89 Å². The van der Waals surface area contributed by atoms with Crippen LogP contribution in [0.5, 0.6) is 5.75 Å². The number of nitrogens with two attached hydrogens (primary N) is 2. The van der Waals surface area contributed by atoms with E-state index in [1.54, 1.807) is 0 Å². The molecule has 0 amide bonds. The van der Waals surface area contributed by atoms with Crippen molar-refractivity contribution in [3.8, 4) is 17.1 Å². The van der Waals surface area contributed by atoms with E-state index < -0.39 is 41.4 Å². The summed E-state index contributed by atoms with van der Waals surface area (Å²) in [5.41, 5.74) is 10.0. The topological polar surface area (TPSA) is 123 Å². The summed E-state index contributed by atoms with van der Waals surface area (Å²) in [7, 11) is 0. The van der Waals surface area contributed by atoms with Crippen LogP contribution in [-0.4, -0.2) is 45.0 Å². The van der Waals surface area contributed by atoms with E-state index in [0.717, 1.165) is 24.3 Å². The van der Waals surface area contributed by atoms with Crippen molar-refractivity contribution >= 4 is 5.96 Å². The van der Waals surface area contributed by atoms with Gasteiger partial charge in [-0.05, 0) is 48.7 Å². The molecule has 2 atom stereocenters. The lowest BCUT2D eigenvalue weighted by Crippen LogP contribution is -2.37. The second-order valence-corrected chi connectivity index (χ2v) is 8.73. The van der Waals surface area contributed by atoms with Crippen LogP contribution in [0.15, 0.2) is 47.0 Å². The lowest BCUT2D eigenvalue weighted by molar-refractivity contribution is -0.560. The maximum absolute atomic E-state index is 13.8. The van der Waals surface area contributed by atoms with Crippen LogP contribution in [0.3, 0.4) is 0 Å². The number of halogens is 6. The minimum absolute atomic E-state index is 0.00756. The largest absolute Gasteiger partial charge is 0.493 e. The highest BCUT2D eigenvalue weighted by molar-refractivity contribution is 5.70. The number of guanidine groups is 1. The molecule has 1 aliphatic rings. The number of benzene rings is 2. The second kappa shape index (κ2) is 10.5. The average Bonchev–Trinajstić information content (AvgIpc) is 3.47. The van der Waals surface area contributed by atoms with Crippen molar-refractivity contribution in [1.82, 2.24) is 10.1 Å². The maximum Gasteiger partial charge on any atom is 0.419 e. The van der Waals surface area contributed by atoms with Gasteiger partial charge in [0.2, 0.25) is 5.82 Å². The summed E-state index contributed by atoms with van der Waals surface area (Å²) in [5, 5.41) is 14.0. The Morgan fingerprint density at radius 3 is 2.39 bits per heavy atom. The summed E-state index contributed by atoms with van der Waals surface area (Å²) in [6, 6.07) is 7.02. The molecule has 0 saturated carbocycles. The number of aromatic nitrogens is 2. The summed E-state index contributed by atoms with van der Waals surface area (Å²) in [4.78, 5) is 4.15. The van der Waals surface area contributed by atoms with E-state index in [2.05, 4.69) is 10.1 Å². The Labute approximate surface area is 212 Å². The molecule has 0 aliphatic carbocycles. The molecule has 0 spiro atoms. The molecule has 3 aromatic rings. The number of aryl methyl sites for hydroxylation is 1. The lowest BCUT2D eigenvalue weighted by Gasteiger charge is -2.15. The molecule has 1 aromatic heterocycles. The van der Waals surface area contributed by atoms with E-state index in [-0.39, 0.29) is 36.3 Å². The molecule has 204 valence electrons. The van der Waals surface area contributed by atoms with Gasteiger partial charge in [-0.3, -0.25) is 16.0 Å². The summed E-state index contributed by atoms with van der Waals surface area (Å²) < 4.78 is 91.4. The van der Waals surface area contributed by atoms with Crippen LogP contribution in [0.1, 0.15) is 41.5 Å². The van der Waals surface area contributed by atoms with Gasteiger partial charge < -0.3 is 14.4 Å². The fourth-order valence-electron chi connectivity index (χ4n) is 4.17. The molecule has 1 saturated heterocycles. The van der Waals surface area contributed by atoms with Gasteiger partial charge in [-0.1, -0.05) is 17.3 Å². The normalized spacial score (nSPS) is 18.1. The molecular formula is C24H24F6N5O3+. The Bertz CT molecular complexity index is 1300. The molecule has 1 fully saturated rings. The Balaban J connectivity index is 1.46. The van der Waals surface area contributed by atoms with Crippen LogP contribution < -0.4 is 16.2 Å². The van der Waals surface area contributed by atoms with Crippen molar-refractivity contribution in [3.63, 3.8) is 0 Å². The average molecular weight is 544 g/mol. The van der Waals surface area contributed by atoms with Crippen molar-refractivity contribution in [3.05, 3.63) is 65.0 Å². The molecular weight excluding hydrogens is 520 g/mol. The fraction of sp³-hybridized carbons (Fsp3) is 0.375. The van der Waals surface area contributed by atoms with Gasteiger partial charge in [-0.15, -0.1) is 0 Å². The van der Waals surface area contributed by atoms with E-state index in [4.69, 9.17) is 20.7 Å². The van der Waals surface area contributed by atoms with Gasteiger partial charge in [-0.2, -0.15) is 31.3 Å².